The fourth-order valence-corrected chi connectivity index (χ4v) is 3.18. The summed E-state index contributed by atoms with van der Waals surface area (Å²) in [5.41, 5.74) is 1.56. The van der Waals surface area contributed by atoms with Gasteiger partial charge >= 0.3 is 0 Å². The van der Waals surface area contributed by atoms with Crippen molar-refractivity contribution in [3.8, 4) is 0 Å². The Morgan fingerprint density at radius 1 is 1.09 bits per heavy atom. The number of halogens is 2. The number of rotatable bonds is 4. The van der Waals surface area contributed by atoms with Crippen LogP contribution in [0, 0.1) is 5.82 Å². The van der Waals surface area contributed by atoms with Gasteiger partial charge in [-0.2, -0.15) is 0 Å². The molecule has 1 aliphatic rings. The van der Waals surface area contributed by atoms with Crippen LogP contribution >= 0.6 is 11.6 Å². The maximum atomic E-state index is 13.8. The monoisotopic (exact) mass is 335 g/mol. The number of piperazine rings is 1. The van der Waals surface area contributed by atoms with E-state index in [1.165, 1.54) is 11.0 Å². The molecule has 3 rings (SSSR count). The highest BCUT2D eigenvalue weighted by molar-refractivity contribution is 6.30. The van der Waals surface area contributed by atoms with Gasteiger partial charge in [0.25, 0.3) is 0 Å². The Labute approximate surface area is 140 Å². The van der Waals surface area contributed by atoms with Crippen molar-refractivity contribution in [1.29, 1.82) is 0 Å². The predicted octanol–water partition coefficient (Wildman–Crippen LogP) is 1.92. The topological polar surface area (TPSA) is 27.9 Å². The lowest BCUT2D eigenvalue weighted by atomic mass is 10.1. The molecule has 0 unspecified atom stereocenters. The molecule has 1 aliphatic heterocycles. The van der Waals surface area contributed by atoms with Crippen molar-refractivity contribution in [1.82, 2.24) is 0 Å². The maximum Gasteiger partial charge on any atom is 0.146 e. The summed E-state index contributed by atoms with van der Waals surface area (Å²) in [5, 5.41) is 11.0. The van der Waals surface area contributed by atoms with Crippen LogP contribution in [0.3, 0.4) is 0 Å². The molecule has 2 aromatic rings. The number of anilines is 1. The molecule has 1 atom stereocenters. The first-order valence-corrected chi connectivity index (χ1v) is 8.28. The molecule has 0 bridgehead atoms. The number of nitrogens with zero attached hydrogens (tertiary/aromatic N) is 1. The van der Waals surface area contributed by atoms with Gasteiger partial charge in [-0.3, -0.25) is 0 Å². The molecule has 122 valence electrons. The van der Waals surface area contributed by atoms with Crippen LogP contribution in [0.25, 0.3) is 0 Å². The first-order chi connectivity index (χ1) is 11.1. The smallest absolute Gasteiger partial charge is 0.146 e. The summed E-state index contributed by atoms with van der Waals surface area (Å²) < 4.78 is 13.8. The highest BCUT2D eigenvalue weighted by Gasteiger charge is 2.24. The molecular weight excluding hydrogens is 315 g/mol. The van der Waals surface area contributed by atoms with Crippen LogP contribution in [0.5, 0.6) is 0 Å². The van der Waals surface area contributed by atoms with Gasteiger partial charge in [0, 0.05) is 5.02 Å². The summed E-state index contributed by atoms with van der Waals surface area (Å²) in [6.07, 6.45) is -0.498. The molecule has 1 fully saturated rings. The fraction of sp³-hybridized carbons (Fsp3) is 0.333. The number of nitrogens with one attached hydrogen (secondary N) is 1. The van der Waals surface area contributed by atoms with E-state index >= 15 is 0 Å². The van der Waals surface area contributed by atoms with Crippen LogP contribution in [0.2, 0.25) is 5.02 Å². The zero-order chi connectivity index (χ0) is 16.2. The van der Waals surface area contributed by atoms with E-state index in [0.29, 0.717) is 17.3 Å². The van der Waals surface area contributed by atoms with Crippen LogP contribution < -0.4 is 9.80 Å². The summed E-state index contributed by atoms with van der Waals surface area (Å²) in [6, 6.07) is 14.2. The summed E-state index contributed by atoms with van der Waals surface area (Å²) in [7, 11) is 0. The molecule has 2 N–H and O–H groups in total. The number of para-hydroxylation sites is 1. The summed E-state index contributed by atoms with van der Waals surface area (Å²) in [4.78, 5) is 3.41. The normalized spacial score (nSPS) is 17.3. The molecule has 0 aromatic heterocycles. The summed E-state index contributed by atoms with van der Waals surface area (Å²) in [6.45, 7) is 4.03. The number of aliphatic hydroxyl groups excluding tert-OH is 1. The van der Waals surface area contributed by atoms with E-state index in [2.05, 4.69) is 4.90 Å². The van der Waals surface area contributed by atoms with Gasteiger partial charge in [0.05, 0.1) is 31.9 Å². The Morgan fingerprint density at radius 2 is 1.74 bits per heavy atom. The van der Waals surface area contributed by atoms with Crippen molar-refractivity contribution in [2.24, 2.45) is 0 Å². The van der Waals surface area contributed by atoms with Crippen molar-refractivity contribution in [3.05, 3.63) is 64.9 Å². The van der Waals surface area contributed by atoms with Crippen LogP contribution in [0.4, 0.5) is 10.1 Å². The zero-order valence-electron chi connectivity index (χ0n) is 12.9. The third kappa shape index (κ3) is 4.02. The molecule has 0 saturated carbocycles. The minimum atomic E-state index is -0.498. The van der Waals surface area contributed by atoms with Gasteiger partial charge in [0.1, 0.15) is 18.5 Å². The number of benzene rings is 2. The Morgan fingerprint density at radius 3 is 2.39 bits per heavy atom. The van der Waals surface area contributed by atoms with Crippen molar-refractivity contribution < 1.29 is 14.4 Å². The second-order valence-electron chi connectivity index (χ2n) is 5.96. The molecule has 23 heavy (non-hydrogen) atoms. The van der Waals surface area contributed by atoms with Crippen molar-refractivity contribution in [2.75, 3.05) is 37.6 Å². The third-order valence-corrected chi connectivity index (χ3v) is 4.65. The average Bonchev–Trinajstić information content (AvgIpc) is 2.57. The Balaban J connectivity index is 1.55. The average molecular weight is 336 g/mol. The van der Waals surface area contributed by atoms with E-state index in [4.69, 9.17) is 11.6 Å². The van der Waals surface area contributed by atoms with E-state index in [-0.39, 0.29) is 5.82 Å². The van der Waals surface area contributed by atoms with E-state index in [9.17, 15) is 9.50 Å². The summed E-state index contributed by atoms with van der Waals surface area (Å²) in [5.74, 6) is -0.169. The molecular formula is C18H21ClFN2O+. The molecule has 0 amide bonds. The number of quaternary nitrogens is 1. The van der Waals surface area contributed by atoms with Gasteiger partial charge in [0.15, 0.2) is 0 Å². The van der Waals surface area contributed by atoms with Crippen LogP contribution in [-0.2, 0) is 0 Å². The molecule has 5 heteroatoms. The van der Waals surface area contributed by atoms with Gasteiger partial charge in [-0.25, -0.2) is 4.39 Å². The minimum Gasteiger partial charge on any atom is -0.382 e. The van der Waals surface area contributed by atoms with Crippen LogP contribution in [-0.4, -0.2) is 37.8 Å². The molecule has 1 saturated heterocycles. The SMILES string of the molecule is O[C@H](C[NH+]1CCN(c2ccccc2F)CC1)c1ccc(Cl)cc1. The Bertz CT molecular complexity index is 642. The number of hydrogen-bond donors (Lipinski definition) is 2. The lowest BCUT2D eigenvalue weighted by molar-refractivity contribution is -0.904. The van der Waals surface area contributed by atoms with Gasteiger partial charge in [-0.1, -0.05) is 35.9 Å². The quantitative estimate of drug-likeness (QED) is 0.893. The van der Waals surface area contributed by atoms with Crippen LogP contribution in [0.15, 0.2) is 48.5 Å². The van der Waals surface area contributed by atoms with E-state index < -0.39 is 6.10 Å². The Kier molecular flexibility index (Phi) is 5.16. The van der Waals surface area contributed by atoms with Gasteiger partial charge in [-0.15, -0.1) is 0 Å². The van der Waals surface area contributed by atoms with Gasteiger partial charge in [0.2, 0.25) is 0 Å². The van der Waals surface area contributed by atoms with Crippen molar-refractivity contribution in [3.63, 3.8) is 0 Å². The third-order valence-electron chi connectivity index (χ3n) is 4.40. The summed E-state index contributed by atoms with van der Waals surface area (Å²) >= 11 is 5.87. The van der Waals surface area contributed by atoms with E-state index in [0.717, 1.165) is 31.7 Å². The maximum absolute atomic E-state index is 13.8. The first kappa shape index (κ1) is 16.2. The molecule has 2 aromatic carbocycles. The van der Waals surface area contributed by atoms with Gasteiger partial charge in [-0.05, 0) is 29.8 Å². The Hall–Kier alpha value is -1.62. The number of aliphatic hydroxyl groups is 1. The highest BCUT2D eigenvalue weighted by Crippen LogP contribution is 2.18. The second kappa shape index (κ2) is 7.30. The highest BCUT2D eigenvalue weighted by atomic mass is 35.5. The van der Waals surface area contributed by atoms with Crippen molar-refractivity contribution in [2.45, 2.75) is 6.10 Å². The fourth-order valence-electron chi connectivity index (χ4n) is 3.05. The largest absolute Gasteiger partial charge is 0.382 e. The van der Waals surface area contributed by atoms with Crippen molar-refractivity contribution >= 4 is 17.3 Å². The predicted molar refractivity (Wildman–Crippen MR) is 90.6 cm³/mol. The van der Waals surface area contributed by atoms with E-state index in [1.54, 1.807) is 18.2 Å². The molecule has 3 nitrogen and oxygen atoms in total. The lowest BCUT2D eigenvalue weighted by Gasteiger charge is -2.34. The molecule has 0 aliphatic carbocycles. The van der Waals surface area contributed by atoms with E-state index in [1.807, 2.05) is 24.3 Å². The second-order valence-corrected chi connectivity index (χ2v) is 6.40. The first-order valence-electron chi connectivity index (χ1n) is 7.90. The van der Waals surface area contributed by atoms with Gasteiger partial charge < -0.3 is 14.9 Å². The standard InChI is InChI=1S/C18H20ClFN2O/c19-15-7-5-14(6-8-15)18(23)13-21-9-11-22(12-10-21)17-4-2-1-3-16(17)20/h1-8,18,23H,9-13H2/p+1/t18-/m1/s1. The molecule has 1 heterocycles. The lowest BCUT2D eigenvalue weighted by Crippen LogP contribution is -3.15. The number of hydrogen-bond acceptors (Lipinski definition) is 2. The van der Waals surface area contributed by atoms with Crippen LogP contribution in [0.1, 0.15) is 11.7 Å². The molecule has 0 radical (unpaired) electrons. The molecule has 0 spiro atoms. The zero-order valence-corrected chi connectivity index (χ0v) is 13.6. The minimum absolute atomic E-state index is 0.169.